The van der Waals surface area contributed by atoms with Crippen molar-refractivity contribution in [1.29, 1.82) is 0 Å². The third-order valence-electron chi connectivity index (χ3n) is 7.16. The third kappa shape index (κ3) is 3.54. The third-order valence-corrected chi connectivity index (χ3v) is 7.16. The van der Waals surface area contributed by atoms with Crippen LogP contribution >= 0.6 is 0 Å². The van der Waals surface area contributed by atoms with E-state index >= 15 is 0 Å². The fourth-order valence-corrected chi connectivity index (χ4v) is 5.71. The molecule has 4 aromatic carbocycles. The van der Waals surface area contributed by atoms with Crippen molar-refractivity contribution in [1.82, 2.24) is 0 Å². The summed E-state index contributed by atoms with van der Waals surface area (Å²) in [6.45, 7) is 0.465. The van der Waals surface area contributed by atoms with Crippen LogP contribution < -0.4 is 0 Å². The molecule has 2 aliphatic carbocycles. The molecule has 1 atom stereocenters. The molecule has 0 saturated heterocycles. The highest BCUT2D eigenvalue weighted by molar-refractivity contribution is 5.95. The monoisotopic (exact) mass is 446 g/mol. The standard InChI is InChI=1S/C31H26O3/c32-26-13-11-23-17-31(19-25(23)15-26)18-24-12-14-27(33)16-28(24)29(31)30(22-9-5-2-6-10-22)34-20-21-7-3-1-4-8-21/h1-16,32-33H,17-20H2. The average molecular weight is 447 g/mol. The Balaban J connectivity index is 1.55. The summed E-state index contributed by atoms with van der Waals surface area (Å²) in [5.74, 6) is 1.43. The van der Waals surface area contributed by atoms with Gasteiger partial charge in [-0.05, 0) is 71.3 Å². The second kappa shape index (κ2) is 8.11. The molecule has 6 rings (SSSR count). The molecule has 2 N–H and O–H groups in total. The number of allylic oxidation sites excluding steroid dienone is 1. The second-order valence-electron chi connectivity index (χ2n) is 9.45. The zero-order valence-corrected chi connectivity index (χ0v) is 18.9. The molecular formula is C31H26O3. The van der Waals surface area contributed by atoms with Crippen LogP contribution in [-0.2, 0) is 30.6 Å². The smallest absolute Gasteiger partial charge is 0.131 e. The maximum absolute atomic E-state index is 10.4. The number of ether oxygens (including phenoxy) is 1. The van der Waals surface area contributed by atoms with Crippen LogP contribution in [0.1, 0.15) is 33.4 Å². The minimum Gasteiger partial charge on any atom is -0.508 e. The Kier molecular flexibility index (Phi) is 4.91. The minimum absolute atomic E-state index is 0.186. The van der Waals surface area contributed by atoms with Crippen LogP contribution in [0.5, 0.6) is 11.5 Å². The number of phenolic OH excluding ortho intramolecular Hbond substituents is 2. The number of hydrogen-bond donors (Lipinski definition) is 2. The molecule has 2 aliphatic rings. The van der Waals surface area contributed by atoms with Crippen LogP contribution in [0.25, 0.3) is 11.3 Å². The van der Waals surface area contributed by atoms with Gasteiger partial charge < -0.3 is 14.9 Å². The molecule has 0 radical (unpaired) electrons. The summed E-state index contributed by atoms with van der Waals surface area (Å²) >= 11 is 0. The first-order valence-electron chi connectivity index (χ1n) is 11.7. The van der Waals surface area contributed by atoms with Crippen molar-refractivity contribution in [3.05, 3.63) is 130 Å². The molecule has 34 heavy (non-hydrogen) atoms. The van der Waals surface area contributed by atoms with Gasteiger partial charge >= 0.3 is 0 Å². The zero-order valence-electron chi connectivity index (χ0n) is 18.9. The van der Waals surface area contributed by atoms with Crippen molar-refractivity contribution in [2.45, 2.75) is 25.9 Å². The summed E-state index contributed by atoms with van der Waals surface area (Å²) in [6.07, 6.45) is 2.57. The number of hydrogen-bond acceptors (Lipinski definition) is 3. The highest BCUT2D eigenvalue weighted by atomic mass is 16.5. The van der Waals surface area contributed by atoms with Gasteiger partial charge in [0.15, 0.2) is 0 Å². The van der Waals surface area contributed by atoms with E-state index in [-0.39, 0.29) is 11.2 Å². The van der Waals surface area contributed by atoms with Gasteiger partial charge in [0.2, 0.25) is 0 Å². The first-order valence-corrected chi connectivity index (χ1v) is 11.7. The fourth-order valence-electron chi connectivity index (χ4n) is 5.71. The van der Waals surface area contributed by atoms with E-state index in [2.05, 4.69) is 24.3 Å². The molecule has 168 valence electrons. The molecule has 1 unspecified atom stereocenters. The maximum atomic E-state index is 10.4. The van der Waals surface area contributed by atoms with Gasteiger partial charge in [-0.15, -0.1) is 0 Å². The Bertz CT molecular complexity index is 1390. The summed E-state index contributed by atoms with van der Waals surface area (Å²) in [5, 5.41) is 20.6. The van der Waals surface area contributed by atoms with Gasteiger partial charge in [-0.2, -0.15) is 0 Å². The lowest BCUT2D eigenvalue weighted by atomic mass is 9.76. The summed E-state index contributed by atoms with van der Waals surface area (Å²) in [4.78, 5) is 0. The second-order valence-corrected chi connectivity index (χ2v) is 9.45. The van der Waals surface area contributed by atoms with Crippen LogP contribution in [-0.4, -0.2) is 10.2 Å². The van der Waals surface area contributed by atoms with Crippen LogP contribution in [0.15, 0.2) is 97.1 Å². The van der Waals surface area contributed by atoms with Gasteiger partial charge in [0.25, 0.3) is 0 Å². The maximum Gasteiger partial charge on any atom is 0.131 e. The molecular weight excluding hydrogens is 420 g/mol. The van der Waals surface area contributed by atoms with E-state index in [9.17, 15) is 10.2 Å². The minimum atomic E-state index is -0.186. The van der Waals surface area contributed by atoms with E-state index in [1.807, 2.05) is 60.7 Å². The fraction of sp³-hybridized carbons (Fsp3) is 0.161. The molecule has 3 heteroatoms. The Morgan fingerprint density at radius 1 is 0.676 bits per heavy atom. The van der Waals surface area contributed by atoms with Crippen molar-refractivity contribution in [3.63, 3.8) is 0 Å². The van der Waals surface area contributed by atoms with Crippen LogP contribution in [0.3, 0.4) is 0 Å². The van der Waals surface area contributed by atoms with Crippen molar-refractivity contribution < 1.29 is 14.9 Å². The largest absolute Gasteiger partial charge is 0.508 e. The van der Waals surface area contributed by atoms with Crippen molar-refractivity contribution >= 4 is 11.3 Å². The zero-order chi connectivity index (χ0) is 23.1. The van der Waals surface area contributed by atoms with Gasteiger partial charge in [-0.25, -0.2) is 0 Å². The highest BCUT2D eigenvalue weighted by Gasteiger charge is 2.48. The van der Waals surface area contributed by atoms with Gasteiger partial charge in [-0.1, -0.05) is 72.8 Å². The lowest BCUT2D eigenvalue weighted by molar-refractivity contribution is 0.261. The Hall–Kier alpha value is -3.98. The molecule has 0 aliphatic heterocycles. The molecule has 0 amide bonds. The van der Waals surface area contributed by atoms with Gasteiger partial charge in [-0.3, -0.25) is 0 Å². The van der Waals surface area contributed by atoms with Crippen LogP contribution in [0, 0.1) is 5.41 Å². The Morgan fingerprint density at radius 3 is 2.06 bits per heavy atom. The lowest BCUT2D eigenvalue weighted by Crippen LogP contribution is -2.22. The van der Waals surface area contributed by atoms with Gasteiger partial charge in [0.05, 0.1) is 0 Å². The normalized spacial score (nSPS) is 19.6. The van der Waals surface area contributed by atoms with E-state index in [1.165, 1.54) is 16.7 Å². The lowest BCUT2D eigenvalue weighted by Gasteiger charge is -2.28. The molecule has 0 saturated carbocycles. The van der Waals surface area contributed by atoms with Crippen LogP contribution in [0.4, 0.5) is 0 Å². The van der Waals surface area contributed by atoms with Gasteiger partial charge in [0.1, 0.15) is 23.9 Å². The first kappa shape index (κ1) is 20.6. The topological polar surface area (TPSA) is 49.7 Å². The van der Waals surface area contributed by atoms with Crippen molar-refractivity contribution in [2.75, 3.05) is 0 Å². The number of aromatic hydroxyl groups is 2. The number of phenols is 2. The molecule has 0 heterocycles. The van der Waals surface area contributed by atoms with E-state index in [4.69, 9.17) is 4.74 Å². The Labute approximate surface area is 199 Å². The summed E-state index contributed by atoms with van der Waals surface area (Å²) in [5.41, 5.74) is 7.84. The van der Waals surface area contributed by atoms with E-state index < -0.39 is 0 Å². The Morgan fingerprint density at radius 2 is 1.29 bits per heavy atom. The summed E-state index contributed by atoms with van der Waals surface area (Å²) in [7, 11) is 0. The summed E-state index contributed by atoms with van der Waals surface area (Å²) < 4.78 is 6.65. The van der Waals surface area contributed by atoms with E-state index in [0.29, 0.717) is 12.4 Å². The quantitative estimate of drug-likeness (QED) is 0.351. The van der Waals surface area contributed by atoms with Crippen molar-refractivity contribution in [2.24, 2.45) is 5.41 Å². The number of benzene rings is 4. The molecule has 1 spiro atoms. The molecule has 0 fully saturated rings. The number of rotatable bonds is 4. The molecule has 3 nitrogen and oxygen atoms in total. The van der Waals surface area contributed by atoms with Crippen LogP contribution in [0.2, 0.25) is 0 Å². The average Bonchev–Trinajstić information content (AvgIpc) is 3.36. The molecule has 0 aromatic heterocycles. The first-order chi connectivity index (χ1) is 16.6. The van der Waals surface area contributed by atoms with E-state index in [0.717, 1.165) is 47.3 Å². The van der Waals surface area contributed by atoms with Gasteiger partial charge in [0, 0.05) is 16.6 Å². The molecule has 4 aromatic rings. The van der Waals surface area contributed by atoms with E-state index in [1.54, 1.807) is 12.1 Å². The highest BCUT2D eigenvalue weighted by Crippen LogP contribution is 2.57. The molecule has 0 bridgehead atoms. The predicted molar refractivity (Wildman–Crippen MR) is 134 cm³/mol. The summed E-state index contributed by atoms with van der Waals surface area (Å²) in [6, 6.07) is 31.9. The van der Waals surface area contributed by atoms with Crippen molar-refractivity contribution in [3.8, 4) is 11.5 Å². The SMILES string of the molecule is Oc1ccc2c(c1)CC1(C2)Cc2ccc(O)cc2C1=C(OCc1ccccc1)c1ccccc1. The predicted octanol–water partition coefficient (Wildman–Crippen LogP) is 6.52. The number of fused-ring (bicyclic) bond motifs is 2.